The van der Waals surface area contributed by atoms with Crippen molar-refractivity contribution < 1.29 is 59.1 Å². The van der Waals surface area contributed by atoms with Crippen molar-refractivity contribution in [1.29, 1.82) is 0 Å². The molecular weight excluding hydrogens is 432 g/mol. The molecule has 180 valence electrons. The van der Waals surface area contributed by atoms with Gasteiger partial charge in [-0.25, -0.2) is 0 Å². The fourth-order valence-electron chi connectivity index (χ4n) is 3.42. The molecule has 2 saturated heterocycles. The minimum atomic E-state index is -1.90. The van der Waals surface area contributed by atoms with Gasteiger partial charge in [-0.1, -0.05) is 0 Å². The molecule has 2 aliphatic rings. The van der Waals surface area contributed by atoms with Crippen LogP contribution < -0.4 is 9.47 Å². The van der Waals surface area contributed by atoms with E-state index in [0.29, 0.717) is 5.75 Å². The van der Waals surface area contributed by atoms with Gasteiger partial charge in [-0.3, -0.25) is 4.79 Å². The zero-order valence-electron chi connectivity index (χ0n) is 17.5. The Morgan fingerprint density at radius 3 is 2.47 bits per heavy atom. The largest absolute Gasteiger partial charge is 0.497 e. The highest BCUT2D eigenvalue weighted by Crippen LogP contribution is 2.31. The molecule has 1 aromatic carbocycles. The second kappa shape index (κ2) is 9.95. The quantitative estimate of drug-likeness (QED) is 0.225. The van der Waals surface area contributed by atoms with E-state index in [9.17, 15) is 35.4 Å². The van der Waals surface area contributed by atoms with Crippen LogP contribution in [-0.2, 0) is 14.2 Å². The summed E-state index contributed by atoms with van der Waals surface area (Å²) in [7, 11) is 1.42. The van der Waals surface area contributed by atoms with Crippen molar-refractivity contribution in [2.45, 2.75) is 55.6 Å². The summed E-state index contributed by atoms with van der Waals surface area (Å²) in [6, 6.07) is 4.43. The minimum absolute atomic E-state index is 0.0340. The Balaban J connectivity index is 1.72. The number of carbonyl (C=O) groups excluding carboxylic acids is 1. The summed E-state index contributed by atoms with van der Waals surface area (Å²) in [5, 5.41) is 60.1. The number of Topliss-reactive ketones (excluding diaryl/α,β-unsaturated/α-hetero) is 1. The van der Waals surface area contributed by atoms with Crippen LogP contribution in [0.4, 0.5) is 0 Å². The molecule has 0 bridgehead atoms. The van der Waals surface area contributed by atoms with Crippen LogP contribution in [-0.4, -0.2) is 112 Å². The average Bonchev–Trinajstić information content (AvgIpc) is 3.07. The molecule has 0 aromatic heterocycles. The van der Waals surface area contributed by atoms with Crippen LogP contribution in [0.2, 0.25) is 0 Å². The summed E-state index contributed by atoms with van der Waals surface area (Å²) in [4.78, 5) is 11.9. The van der Waals surface area contributed by atoms with E-state index < -0.39 is 61.9 Å². The number of rotatable bonds is 8. The number of carbonyl (C=O) groups is 1. The van der Waals surface area contributed by atoms with E-state index in [4.69, 9.17) is 23.7 Å². The third-order valence-corrected chi connectivity index (χ3v) is 5.48. The van der Waals surface area contributed by atoms with Gasteiger partial charge in [-0.15, -0.1) is 0 Å². The number of aliphatic hydroxyl groups is 6. The predicted molar refractivity (Wildman–Crippen MR) is 104 cm³/mol. The number of benzene rings is 1. The summed E-state index contributed by atoms with van der Waals surface area (Å²) in [6.07, 6.45) is -10.5. The van der Waals surface area contributed by atoms with Crippen LogP contribution in [0.15, 0.2) is 18.2 Å². The van der Waals surface area contributed by atoms with Gasteiger partial charge in [0.15, 0.2) is 12.1 Å². The molecular formula is C20H28O12. The normalized spacial score (nSPS) is 37.3. The van der Waals surface area contributed by atoms with Gasteiger partial charge < -0.3 is 54.3 Å². The van der Waals surface area contributed by atoms with Crippen LogP contribution in [0.5, 0.6) is 11.5 Å². The Morgan fingerprint density at radius 2 is 1.88 bits per heavy atom. The molecule has 0 radical (unpaired) electrons. The van der Waals surface area contributed by atoms with Gasteiger partial charge in [0.1, 0.15) is 47.6 Å². The molecule has 2 heterocycles. The summed E-state index contributed by atoms with van der Waals surface area (Å²) >= 11 is 0. The molecule has 8 atom stereocenters. The third-order valence-electron chi connectivity index (χ3n) is 5.48. The Labute approximate surface area is 183 Å². The van der Waals surface area contributed by atoms with E-state index in [-0.39, 0.29) is 23.7 Å². The van der Waals surface area contributed by atoms with Crippen molar-refractivity contribution in [3.8, 4) is 11.5 Å². The van der Waals surface area contributed by atoms with Crippen molar-refractivity contribution in [3.63, 3.8) is 0 Å². The molecule has 1 aromatic rings. The molecule has 0 aliphatic carbocycles. The van der Waals surface area contributed by atoms with Gasteiger partial charge in [-0.2, -0.15) is 0 Å². The van der Waals surface area contributed by atoms with E-state index in [2.05, 4.69) is 0 Å². The summed E-state index contributed by atoms with van der Waals surface area (Å²) in [5.41, 5.74) is -1.71. The standard InChI is InChI=1S/C20H28O12/c1-9(22)11-4-3-10(28-2)5-12(11)31-18-16(25)15(24)14(23)13(32-18)6-29-19-17(26)20(27,7-21)8-30-19/h3-5,13-19,21,23-27H,6-8H2,1-2H3/t13-,14-,15+,16-,17+,18+,19-,20-/m1/s1. The number of ether oxygens (including phenoxy) is 5. The maximum atomic E-state index is 11.9. The minimum Gasteiger partial charge on any atom is -0.497 e. The van der Waals surface area contributed by atoms with Crippen LogP contribution in [0, 0.1) is 0 Å². The Hall–Kier alpha value is -1.87. The van der Waals surface area contributed by atoms with Gasteiger partial charge >= 0.3 is 0 Å². The fourth-order valence-corrected chi connectivity index (χ4v) is 3.42. The second-order valence-electron chi connectivity index (χ2n) is 7.77. The van der Waals surface area contributed by atoms with Crippen LogP contribution in [0.1, 0.15) is 17.3 Å². The van der Waals surface area contributed by atoms with Crippen molar-refractivity contribution in [3.05, 3.63) is 23.8 Å². The molecule has 12 heteroatoms. The van der Waals surface area contributed by atoms with E-state index in [1.807, 2.05) is 0 Å². The van der Waals surface area contributed by atoms with Crippen molar-refractivity contribution in [2.75, 3.05) is 26.9 Å². The third kappa shape index (κ3) is 4.88. The lowest BCUT2D eigenvalue weighted by Crippen LogP contribution is -2.60. The zero-order chi connectivity index (χ0) is 23.6. The summed E-state index contributed by atoms with van der Waals surface area (Å²) in [5.74, 6) is 0.0865. The highest BCUT2D eigenvalue weighted by molar-refractivity contribution is 5.97. The molecule has 2 fully saturated rings. The number of methoxy groups -OCH3 is 1. The summed E-state index contributed by atoms with van der Waals surface area (Å²) < 4.78 is 26.8. The molecule has 0 spiro atoms. The van der Waals surface area contributed by atoms with Gasteiger partial charge in [0.2, 0.25) is 6.29 Å². The van der Waals surface area contributed by atoms with Crippen LogP contribution >= 0.6 is 0 Å². The summed E-state index contributed by atoms with van der Waals surface area (Å²) in [6.45, 7) is -0.231. The lowest BCUT2D eigenvalue weighted by Gasteiger charge is -2.40. The topological polar surface area (TPSA) is 185 Å². The molecule has 3 rings (SSSR count). The monoisotopic (exact) mass is 460 g/mol. The SMILES string of the molecule is COc1ccc(C(C)=O)c(O[C@H]2O[C@H](CO[C@@H]3OC[C@](O)(CO)[C@H]3O)[C@@H](O)[C@H](O)[C@H]2O)c1. The first-order valence-electron chi connectivity index (χ1n) is 9.91. The average molecular weight is 460 g/mol. The van der Waals surface area contributed by atoms with Gasteiger partial charge in [0, 0.05) is 6.07 Å². The van der Waals surface area contributed by atoms with Gasteiger partial charge in [0.05, 0.1) is 32.5 Å². The van der Waals surface area contributed by atoms with Gasteiger partial charge in [0.25, 0.3) is 0 Å². The highest BCUT2D eigenvalue weighted by atomic mass is 16.7. The highest BCUT2D eigenvalue weighted by Gasteiger charge is 2.50. The van der Waals surface area contributed by atoms with Crippen molar-refractivity contribution >= 4 is 5.78 Å². The Bertz CT molecular complexity index is 803. The predicted octanol–water partition coefficient (Wildman–Crippen LogP) is -2.46. The first kappa shape index (κ1) is 24.8. The molecule has 0 amide bonds. The van der Waals surface area contributed by atoms with E-state index >= 15 is 0 Å². The molecule has 0 unspecified atom stereocenters. The smallest absolute Gasteiger partial charge is 0.229 e. The number of aliphatic hydroxyl groups excluding tert-OH is 5. The lowest BCUT2D eigenvalue weighted by atomic mass is 9.99. The van der Waals surface area contributed by atoms with Crippen molar-refractivity contribution in [2.24, 2.45) is 0 Å². The maximum absolute atomic E-state index is 11.9. The number of hydrogen-bond donors (Lipinski definition) is 6. The molecule has 2 aliphatic heterocycles. The molecule has 6 N–H and O–H groups in total. The van der Waals surface area contributed by atoms with Crippen molar-refractivity contribution in [1.82, 2.24) is 0 Å². The maximum Gasteiger partial charge on any atom is 0.229 e. The molecule has 32 heavy (non-hydrogen) atoms. The zero-order valence-corrected chi connectivity index (χ0v) is 17.5. The van der Waals surface area contributed by atoms with Crippen LogP contribution in [0.3, 0.4) is 0 Å². The lowest BCUT2D eigenvalue weighted by molar-refractivity contribution is -0.289. The second-order valence-corrected chi connectivity index (χ2v) is 7.77. The van der Waals surface area contributed by atoms with E-state index in [0.717, 1.165) is 0 Å². The first-order valence-corrected chi connectivity index (χ1v) is 9.91. The first-order chi connectivity index (χ1) is 15.1. The number of ketones is 1. The molecule has 0 saturated carbocycles. The van der Waals surface area contributed by atoms with E-state index in [1.54, 1.807) is 6.07 Å². The number of hydrogen-bond acceptors (Lipinski definition) is 12. The fraction of sp³-hybridized carbons (Fsp3) is 0.650. The Kier molecular flexibility index (Phi) is 7.70. The van der Waals surface area contributed by atoms with E-state index in [1.165, 1.54) is 26.2 Å². The van der Waals surface area contributed by atoms with Crippen LogP contribution in [0.25, 0.3) is 0 Å². The van der Waals surface area contributed by atoms with Gasteiger partial charge in [-0.05, 0) is 19.1 Å². The Morgan fingerprint density at radius 1 is 1.16 bits per heavy atom. The molecule has 12 nitrogen and oxygen atoms in total.